The summed E-state index contributed by atoms with van der Waals surface area (Å²) in [4.78, 5) is 0. The Balaban J connectivity index is 4.22. The molecule has 0 aromatic rings. The lowest BCUT2D eigenvalue weighted by Crippen LogP contribution is -1.85. The maximum absolute atomic E-state index is 3.83. The maximum Gasteiger partial charge on any atom is -0.0236 e. The molecule has 0 saturated heterocycles. The van der Waals surface area contributed by atoms with Crippen LogP contribution in [0.2, 0.25) is 0 Å². The van der Waals surface area contributed by atoms with Crippen molar-refractivity contribution in [2.75, 3.05) is 0 Å². The molecular formula is C10H14. The highest BCUT2D eigenvalue weighted by atomic mass is 14.0. The molecule has 0 bridgehead atoms. The van der Waals surface area contributed by atoms with E-state index >= 15 is 0 Å². The third kappa shape index (κ3) is 2.06. The van der Waals surface area contributed by atoms with Gasteiger partial charge in [-0.2, -0.15) is 0 Å². The second-order valence-corrected chi connectivity index (χ2v) is 2.17. The van der Waals surface area contributed by atoms with Crippen LogP contribution in [-0.2, 0) is 0 Å². The molecule has 0 amide bonds. The van der Waals surface area contributed by atoms with E-state index in [1.54, 1.807) is 6.08 Å². The molecule has 0 unspecified atom stereocenters. The molecule has 0 aliphatic rings. The van der Waals surface area contributed by atoms with Crippen molar-refractivity contribution in [3.8, 4) is 0 Å². The minimum absolute atomic E-state index is 0.867. The van der Waals surface area contributed by atoms with E-state index in [0.29, 0.717) is 0 Å². The fourth-order valence-electron chi connectivity index (χ4n) is 0.564. The number of rotatable bonds is 4. The van der Waals surface area contributed by atoms with Gasteiger partial charge in [-0.1, -0.05) is 39.3 Å². The number of hydrogen-bond donors (Lipinski definition) is 0. The van der Waals surface area contributed by atoms with E-state index in [1.165, 1.54) is 0 Å². The Morgan fingerprint density at radius 1 is 1.30 bits per heavy atom. The predicted molar refractivity (Wildman–Crippen MR) is 47.9 cm³/mol. The van der Waals surface area contributed by atoms with Gasteiger partial charge >= 0.3 is 0 Å². The molecule has 0 aromatic heterocycles. The first-order valence-corrected chi connectivity index (χ1v) is 3.32. The van der Waals surface area contributed by atoms with Crippen LogP contribution in [0.4, 0.5) is 0 Å². The molecule has 0 heteroatoms. The molecule has 0 aromatic carbocycles. The standard InChI is InChI=1S/C10H14/c1-6-8(3)10(5)9(4)7-2/h6H,1,3-5,7H2,2H3. The fourth-order valence-corrected chi connectivity index (χ4v) is 0.564. The van der Waals surface area contributed by atoms with Crippen molar-refractivity contribution in [3.05, 3.63) is 49.1 Å². The van der Waals surface area contributed by atoms with E-state index in [9.17, 15) is 0 Å². The van der Waals surface area contributed by atoms with E-state index in [0.717, 1.165) is 23.1 Å². The molecule has 0 radical (unpaired) electrons. The molecule has 0 aliphatic heterocycles. The smallest absolute Gasteiger partial charge is 0.0236 e. The number of hydrogen-bond acceptors (Lipinski definition) is 0. The minimum atomic E-state index is 0.867. The topological polar surface area (TPSA) is 0 Å². The van der Waals surface area contributed by atoms with Crippen molar-refractivity contribution >= 4 is 0 Å². The summed E-state index contributed by atoms with van der Waals surface area (Å²) < 4.78 is 0. The van der Waals surface area contributed by atoms with Crippen molar-refractivity contribution in [3.63, 3.8) is 0 Å². The monoisotopic (exact) mass is 134 g/mol. The second-order valence-electron chi connectivity index (χ2n) is 2.17. The summed E-state index contributed by atoms with van der Waals surface area (Å²) in [5.41, 5.74) is 2.81. The van der Waals surface area contributed by atoms with Gasteiger partial charge in [0.2, 0.25) is 0 Å². The van der Waals surface area contributed by atoms with Crippen LogP contribution >= 0.6 is 0 Å². The Bertz CT molecular complexity index is 182. The van der Waals surface area contributed by atoms with Gasteiger partial charge in [0, 0.05) is 0 Å². The highest BCUT2D eigenvalue weighted by Gasteiger charge is 1.97. The van der Waals surface area contributed by atoms with E-state index in [4.69, 9.17) is 0 Å². The highest BCUT2D eigenvalue weighted by Crippen LogP contribution is 2.16. The van der Waals surface area contributed by atoms with Crippen molar-refractivity contribution in [1.82, 2.24) is 0 Å². The average molecular weight is 134 g/mol. The summed E-state index contributed by atoms with van der Waals surface area (Å²) in [5, 5.41) is 0. The summed E-state index contributed by atoms with van der Waals surface area (Å²) in [6, 6.07) is 0. The first-order chi connectivity index (χ1) is 4.63. The third-order valence-electron chi connectivity index (χ3n) is 1.49. The van der Waals surface area contributed by atoms with Gasteiger partial charge in [0.05, 0.1) is 0 Å². The second kappa shape index (κ2) is 3.89. The normalized spacial score (nSPS) is 8.50. The largest absolute Gasteiger partial charge is 0.0985 e. The molecule has 0 heterocycles. The van der Waals surface area contributed by atoms with E-state index < -0.39 is 0 Å². The molecule has 0 aliphatic carbocycles. The van der Waals surface area contributed by atoms with Gasteiger partial charge < -0.3 is 0 Å². The zero-order valence-corrected chi connectivity index (χ0v) is 6.61. The Kier molecular flexibility index (Phi) is 3.48. The highest BCUT2D eigenvalue weighted by molar-refractivity contribution is 5.46. The van der Waals surface area contributed by atoms with Gasteiger partial charge in [-0.25, -0.2) is 0 Å². The average Bonchev–Trinajstić information content (AvgIpc) is 2.00. The van der Waals surface area contributed by atoms with Gasteiger partial charge in [0.1, 0.15) is 0 Å². The molecule has 10 heavy (non-hydrogen) atoms. The zero-order chi connectivity index (χ0) is 8.15. The zero-order valence-electron chi connectivity index (χ0n) is 6.61. The van der Waals surface area contributed by atoms with Gasteiger partial charge in [-0.3, -0.25) is 0 Å². The number of allylic oxidation sites excluding steroid dienone is 4. The predicted octanol–water partition coefficient (Wildman–Crippen LogP) is 3.25. The van der Waals surface area contributed by atoms with Crippen molar-refractivity contribution in [2.45, 2.75) is 13.3 Å². The Morgan fingerprint density at radius 2 is 1.80 bits per heavy atom. The first-order valence-electron chi connectivity index (χ1n) is 3.32. The molecule has 0 N–H and O–H groups in total. The molecular weight excluding hydrogens is 120 g/mol. The van der Waals surface area contributed by atoms with Crippen molar-refractivity contribution in [2.24, 2.45) is 0 Å². The quantitative estimate of drug-likeness (QED) is 0.518. The van der Waals surface area contributed by atoms with Crippen LogP contribution in [0.5, 0.6) is 0 Å². The SMILES string of the molecule is C=CC(=C)C(=C)C(=C)CC. The minimum Gasteiger partial charge on any atom is -0.0985 e. The molecule has 54 valence electrons. The molecule has 0 fully saturated rings. The van der Waals surface area contributed by atoms with Crippen LogP contribution in [0, 0.1) is 0 Å². The third-order valence-corrected chi connectivity index (χ3v) is 1.49. The summed E-state index contributed by atoms with van der Waals surface area (Å²) in [5.74, 6) is 0. The van der Waals surface area contributed by atoms with Gasteiger partial charge in [0.25, 0.3) is 0 Å². The lowest BCUT2D eigenvalue weighted by atomic mass is 10.0. The van der Waals surface area contributed by atoms with Gasteiger partial charge in [0.15, 0.2) is 0 Å². The lowest BCUT2D eigenvalue weighted by Gasteiger charge is -2.05. The van der Waals surface area contributed by atoms with Crippen LogP contribution in [0.3, 0.4) is 0 Å². The van der Waals surface area contributed by atoms with Crippen LogP contribution in [0.25, 0.3) is 0 Å². The first kappa shape index (κ1) is 8.96. The summed E-state index contributed by atoms with van der Waals surface area (Å²) in [6.45, 7) is 17.1. The summed E-state index contributed by atoms with van der Waals surface area (Å²) in [6.07, 6.45) is 2.62. The molecule has 0 atom stereocenters. The molecule has 0 saturated carbocycles. The fraction of sp³-hybridized carbons (Fsp3) is 0.200. The van der Waals surface area contributed by atoms with Crippen LogP contribution < -0.4 is 0 Å². The van der Waals surface area contributed by atoms with Crippen molar-refractivity contribution in [1.29, 1.82) is 0 Å². The Morgan fingerprint density at radius 3 is 2.10 bits per heavy atom. The molecule has 0 spiro atoms. The summed E-state index contributed by atoms with van der Waals surface area (Å²) in [7, 11) is 0. The van der Waals surface area contributed by atoms with Crippen molar-refractivity contribution < 1.29 is 0 Å². The van der Waals surface area contributed by atoms with Crippen LogP contribution in [0.15, 0.2) is 49.1 Å². The lowest BCUT2D eigenvalue weighted by molar-refractivity contribution is 1.13. The Labute approximate surface area is 63.3 Å². The van der Waals surface area contributed by atoms with E-state index in [2.05, 4.69) is 26.3 Å². The maximum atomic E-state index is 3.83. The molecule has 0 nitrogen and oxygen atoms in total. The Hall–Kier alpha value is -1.04. The van der Waals surface area contributed by atoms with Gasteiger partial charge in [-0.05, 0) is 23.1 Å². The molecule has 0 rings (SSSR count). The van der Waals surface area contributed by atoms with Gasteiger partial charge in [-0.15, -0.1) is 0 Å². The summed E-state index contributed by atoms with van der Waals surface area (Å²) >= 11 is 0. The van der Waals surface area contributed by atoms with E-state index in [1.807, 2.05) is 6.92 Å². The van der Waals surface area contributed by atoms with E-state index in [-0.39, 0.29) is 0 Å². The van der Waals surface area contributed by atoms with Crippen LogP contribution in [0.1, 0.15) is 13.3 Å². The van der Waals surface area contributed by atoms with Crippen LogP contribution in [-0.4, -0.2) is 0 Å².